The second-order valence-corrected chi connectivity index (χ2v) is 9.97. The van der Waals surface area contributed by atoms with Crippen molar-refractivity contribution >= 4 is 39.2 Å². The number of rotatable bonds is 5. The van der Waals surface area contributed by atoms with Crippen molar-refractivity contribution in [3.8, 4) is 0 Å². The van der Waals surface area contributed by atoms with Crippen LogP contribution in [-0.4, -0.2) is 51.9 Å². The summed E-state index contributed by atoms with van der Waals surface area (Å²) in [5.41, 5.74) is 1.19. The van der Waals surface area contributed by atoms with Gasteiger partial charge in [0.1, 0.15) is 4.83 Å². The Bertz CT molecular complexity index is 997. The Morgan fingerprint density at radius 2 is 2.28 bits per heavy atom. The van der Waals surface area contributed by atoms with Crippen LogP contribution in [0.4, 0.5) is 0 Å². The maximum atomic E-state index is 13.3. The number of allylic oxidation sites excluding steroid dienone is 1. The molecule has 29 heavy (non-hydrogen) atoms. The molecule has 1 aliphatic heterocycles. The fourth-order valence-electron chi connectivity index (χ4n) is 4.07. The van der Waals surface area contributed by atoms with E-state index in [2.05, 4.69) is 13.5 Å². The smallest absolute Gasteiger partial charge is 0.263 e. The average Bonchev–Trinajstić information content (AvgIpc) is 3.06. The van der Waals surface area contributed by atoms with Crippen molar-refractivity contribution in [3.63, 3.8) is 0 Å². The van der Waals surface area contributed by atoms with Crippen molar-refractivity contribution < 1.29 is 9.53 Å². The molecule has 3 heterocycles. The molecular formula is C21H27N3O3S2. The standard InChI is InChI=1S/C21H27N3O3S2/c1-4-7-24-20(26)18-15-6-5-13(2)10-16(15)29-19(18)22-21(24)28-12-17(25)23-8-9-27-14(3)11-23/h4,13-14H,1,5-12H2,2-3H3. The molecule has 1 amide bonds. The zero-order valence-corrected chi connectivity index (χ0v) is 18.6. The number of aryl methyl sites for hydroxylation is 1. The van der Waals surface area contributed by atoms with Crippen LogP contribution in [0.3, 0.4) is 0 Å². The fourth-order valence-corrected chi connectivity index (χ4v) is 6.40. The van der Waals surface area contributed by atoms with Gasteiger partial charge in [-0.15, -0.1) is 17.9 Å². The molecule has 0 radical (unpaired) electrons. The number of thioether (sulfide) groups is 1. The number of aromatic nitrogens is 2. The van der Waals surface area contributed by atoms with Gasteiger partial charge in [0.2, 0.25) is 5.91 Å². The number of thiophene rings is 1. The van der Waals surface area contributed by atoms with Gasteiger partial charge >= 0.3 is 0 Å². The molecule has 0 spiro atoms. The molecule has 2 aromatic heterocycles. The lowest BCUT2D eigenvalue weighted by molar-refractivity contribution is -0.135. The highest BCUT2D eigenvalue weighted by atomic mass is 32.2. The van der Waals surface area contributed by atoms with Gasteiger partial charge in [0.05, 0.1) is 23.8 Å². The number of ether oxygens (including phenoxy) is 1. The van der Waals surface area contributed by atoms with Gasteiger partial charge in [-0.1, -0.05) is 24.8 Å². The Hall–Kier alpha value is -1.64. The zero-order valence-electron chi connectivity index (χ0n) is 17.0. The minimum Gasteiger partial charge on any atom is -0.375 e. The van der Waals surface area contributed by atoms with E-state index in [1.165, 1.54) is 22.2 Å². The first-order valence-corrected chi connectivity index (χ1v) is 12.0. The average molecular weight is 434 g/mol. The van der Waals surface area contributed by atoms with Crippen molar-refractivity contribution in [2.75, 3.05) is 25.4 Å². The molecular weight excluding hydrogens is 406 g/mol. The monoisotopic (exact) mass is 433 g/mol. The third kappa shape index (κ3) is 4.15. The molecule has 2 atom stereocenters. The van der Waals surface area contributed by atoms with E-state index >= 15 is 0 Å². The van der Waals surface area contributed by atoms with Crippen LogP contribution in [0, 0.1) is 5.92 Å². The number of morpholine rings is 1. The predicted molar refractivity (Wildman–Crippen MR) is 118 cm³/mol. The van der Waals surface area contributed by atoms with Crippen molar-refractivity contribution in [3.05, 3.63) is 33.4 Å². The molecule has 156 valence electrons. The molecule has 2 aliphatic rings. The summed E-state index contributed by atoms with van der Waals surface area (Å²) in [4.78, 5) is 34.7. The highest BCUT2D eigenvalue weighted by molar-refractivity contribution is 7.99. The largest absolute Gasteiger partial charge is 0.375 e. The second kappa shape index (κ2) is 8.62. The number of hydrogen-bond acceptors (Lipinski definition) is 6. The number of carbonyl (C=O) groups is 1. The van der Waals surface area contributed by atoms with E-state index in [-0.39, 0.29) is 23.3 Å². The molecule has 2 aromatic rings. The van der Waals surface area contributed by atoms with Crippen LogP contribution in [0.5, 0.6) is 0 Å². The quantitative estimate of drug-likeness (QED) is 0.412. The first kappa shape index (κ1) is 20.6. The van der Waals surface area contributed by atoms with E-state index in [0.29, 0.717) is 37.3 Å². The summed E-state index contributed by atoms with van der Waals surface area (Å²) in [5, 5.41) is 1.38. The van der Waals surface area contributed by atoms with Gasteiger partial charge in [0.15, 0.2) is 5.16 Å². The number of fused-ring (bicyclic) bond motifs is 3. The number of nitrogens with zero attached hydrogens (tertiary/aromatic N) is 3. The van der Waals surface area contributed by atoms with Crippen LogP contribution in [0.2, 0.25) is 0 Å². The SMILES string of the molecule is C=CCn1c(SCC(=O)N2CCOC(C)C2)nc2sc3c(c2c1=O)CCC(C)C3. The molecule has 0 bridgehead atoms. The maximum absolute atomic E-state index is 13.3. The molecule has 0 aromatic carbocycles. The van der Waals surface area contributed by atoms with E-state index in [0.717, 1.165) is 29.5 Å². The van der Waals surface area contributed by atoms with E-state index in [9.17, 15) is 9.59 Å². The normalized spacial score (nSPS) is 21.9. The molecule has 0 N–H and O–H groups in total. The van der Waals surface area contributed by atoms with E-state index in [1.807, 2.05) is 11.8 Å². The first-order valence-electron chi connectivity index (χ1n) is 10.2. The summed E-state index contributed by atoms with van der Waals surface area (Å²) in [6, 6.07) is 0. The van der Waals surface area contributed by atoms with E-state index in [4.69, 9.17) is 9.72 Å². The van der Waals surface area contributed by atoms with Crippen LogP contribution < -0.4 is 5.56 Å². The molecule has 8 heteroatoms. The minimum absolute atomic E-state index is 0.00287. The Balaban J connectivity index is 1.63. The molecule has 0 saturated carbocycles. The third-order valence-corrected chi connectivity index (χ3v) is 7.72. The van der Waals surface area contributed by atoms with Crippen molar-refractivity contribution in [2.45, 2.75) is 50.9 Å². The fraction of sp³-hybridized carbons (Fsp3) is 0.571. The lowest BCUT2D eigenvalue weighted by Gasteiger charge is -2.31. The molecule has 1 fully saturated rings. The summed E-state index contributed by atoms with van der Waals surface area (Å²) < 4.78 is 7.18. The summed E-state index contributed by atoms with van der Waals surface area (Å²) in [6.45, 7) is 10.2. The molecule has 1 saturated heterocycles. The second-order valence-electron chi connectivity index (χ2n) is 7.94. The minimum atomic E-state index is -0.00287. The third-order valence-electron chi connectivity index (χ3n) is 5.61. The summed E-state index contributed by atoms with van der Waals surface area (Å²) in [7, 11) is 0. The molecule has 2 unspecified atom stereocenters. The summed E-state index contributed by atoms with van der Waals surface area (Å²) >= 11 is 2.99. The van der Waals surface area contributed by atoms with Crippen molar-refractivity contribution in [1.29, 1.82) is 0 Å². The lowest BCUT2D eigenvalue weighted by Crippen LogP contribution is -2.45. The van der Waals surface area contributed by atoms with Gasteiger partial charge < -0.3 is 9.64 Å². The van der Waals surface area contributed by atoms with Gasteiger partial charge in [-0.3, -0.25) is 14.2 Å². The van der Waals surface area contributed by atoms with E-state index < -0.39 is 0 Å². The van der Waals surface area contributed by atoms with Crippen LogP contribution in [0.1, 0.15) is 30.7 Å². The topological polar surface area (TPSA) is 64.4 Å². The molecule has 4 rings (SSSR count). The van der Waals surface area contributed by atoms with Gasteiger partial charge in [0, 0.05) is 24.5 Å². The predicted octanol–water partition coefficient (Wildman–Crippen LogP) is 3.11. The number of carbonyl (C=O) groups excluding carboxylic acids is 1. The first-order chi connectivity index (χ1) is 14.0. The van der Waals surface area contributed by atoms with Crippen molar-refractivity contribution in [1.82, 2.24) is 14.5 Å². The maximum Gasteiger partial charge on any atom is 0.263 e. The van der Waals surface area contributed by atoms with Gasteiger partial charge in [0.25, 0.3) is 5.56 Å². The Morgan fingerprint density at radius 3 is 3.03 bits per heavy atom. The van der Waals surface area contributed by atoms with Crippen LogP contribution in [-0.2, 0) is 28.9 Å². The molecule has 1 aliphatic carbocycles. The Labute approximate surface area is 178 Å². The number of amides is 1. The van der Waals surface area contributed by atoms with Gasteiger partial charge in [-0.25, -0.2) is 4.98 Å². The lowest BCUT2D eigenvalue weighted by atomic mass is 9.89. The van der Waals surface area contributed by atoms with Crippen LogP contribution in [0.25, 0.3) is 10.2 Å². The van der Waals surface area contributed by atoms with Crippen molar-refractivity contribution in [2.24, 2.45) is 5.92 Å². The molecule has 6 nitrogen and oxygen atoms in total. The number of hydrogen-bond donors (Lipinski definition) is 0. The summed E-state index contributed by atoms with van der Waals surface area (Å²) in [6.07, 6.45) is 4.86. The Morgan fingerprint density at radius 1 is 1.45 bits per heavy atom. The van der Waals surface area contributed by atoms with E-state index in [1.54, 1.807) is 22.0 Å². The Kier molecular flexibility index (Phi) is 6.13. The van der Waals surface area contributed by atoms with Gasteiger partial charge in [-0.2, -0.15) is 0 Å². The van der Waals surface area contributed by atoms with Crippen LogP contribution >= 0.6 is 23.1 Å². The van der Waals surface area contributed by atoms with Crippen LogP contribution in [0.15, 0.2) is 22.6 Å². The zero-order chi connectivity index (χ0) is 20.5. The van der Waals surface area contributed by atoms with Gasteiger partial charge in [-0.05, 0) is 37.7 Å². The summed E-state index contributed by atoms with van der Waals surface area (Å²) in [5.74, 6) is 0.974. The highest BCUT2D eigenvalue weighted by Crippen LogP contribution is 2.36. The highest BCUT2D eigenvalue weighted by Gasteiger charge is 2.26.